The summed E-state index contributed by atoms with van der Waals surface area (Å²) in [5.41, 5.74) is 0. The summed E-state index contributed by atoms with van der Waals surface area (Å²) in [5.74, 6) is 2.42. The van der Waals surface area contributed by atoms with Crippen molar-refractivity contribution in [2.24, 2.45) is 10.9 Å². The fraction of sp³-hybridized carbons (Fsp3) is 0.556. The molecule has 2 heterocycles. The van der Waals surface area contributed by atoms with Crippen molar-refractivity contribution in [2.75, 3.05) is 26.7 Å². The molecule has 2 aliphatic rings. The molecule has 0 aromatic carbocycles. The number of hydrogen-bond donors (Lipinski definition) is 1. The topological polar surface area (TPSA) is 49.8 Å². The van der Waals surface area contributed by atoms with Crippen molar-refractivity contribution in [3.8, 4) is 5.88 Å². The molecule has 2 atom stereocenters. The predicted octanol–water partition coefficient (Wildman–Crippen LogP) is 2.47. The number of aliphatic imine (C=N–C) groups is 1. The van der Waals surface area contributed by atoms with E-state index >= 15 is 0 Å². The minimum absolute atomic E-state index is 0.182. The molecule has 0 spiro atoms. The molecule has 1 aromatic rings. The first-order valence-electron chi connectivity index (χ1n) is 8.53. The number of likely N-dealkylation sites (tertiary alicyclic amines) is 1. The molecule has 1 aromatic heterocycles. The third-order valence-electron chi connectivity index (χ3n) is 4.51. The second-order valence-corrected chi connectivity index (χ2v) is 6.22. The Labute approximate surface area is 138 Å². The van der Waals surface area contributed by atoms with Crippen molar-refractivity contribution in [2.45, 2.75) is 31.8 Å². The molecule has 23 heavy (non-hydrogen) atoms. The molecule has 0 bridgehead atoms. The molecule has 0 amide bonds. The van der Waals surface area contributed by atoms with Crippen LogP contribution in [0.4, 0.5) is 0 Å². The van der Waals surface area contributed by atoms with Gasteiger partial charge in [-0.1, -0.05) is 18.2 Å². The zero-order chi connectivity index (χ0) is 15.9. The number of rotatable bonds is 4. The van der Waals surface area contributed by atoms with Crippen LogP contribution in [0, 0.1) is 5.92 Å². The summed E-state index contributed by atoms with van der Waals surface area (Å²) in [6.07, 6.45) is 11.2. The fourth-order valence-electron chi connectivity index (χ4n) is 3.21. The molecular formula is C18H26N4O. The normalized spacial score (nSPS) is 24.7. The highest BCUT2D eigenvalue weighted by Crippen LogP contribution is 2.18. The van der Waals surface area contributed by atoms with Crippen LogP contribution in [0.3, 0.4) is 0 Å². The minimum Gasteiger partial charge on any atom is -0.472 e. The van der Waals surface area contributed by atoms with Gasteiger partial charge in [0.25, 0.3) is 0 Å². The number of aromatic nitrogens is 1. The van der Waals surface area contributed by atoms with Crippen molar-refractivity contribution < 1.29 is 4.74 Å². The zero-order valence-electron chi connectivity index (χ0n) is 13.8. The van der Waals surface area contributed by atoms with Crippen molar-refractivity contribution in [1.29, 1.82) is 0 Å². The number of hydrogen-bond acceptors (Lipinski definition) is 3. The lowest BCUT2D eigenvalue weighted by Crippen LogP contribution is -2.42. The molecule has 1 aliphatic carbocycles. The highest BCUT2D eigenvalue weighted by Gasteiger charge is 2.26. The van der Waals surface area contributed by atoms with E-state index in [9.17, 15) is 0 Å². The average Bonchev–Trinajstić information content (AvgIpc) is 3.06. The van der Waals surface area contributed by atoms with Gasteiger partial charge < -0.3 is 15.0 Å². The summed E-state index contributed by atoms with van der Waals surface area (Å²) in [6.45, 7) is 2.84. The largest absolute Gasteiger partial charge is 0.472 e. The predicted molar refractivity (Wildman–Crippen MR) is 92.7 cm³/mol. The van der Waals surface area contributed by atoms with Crippen molar-refractivity contribution in [1.82, 2.24) is 15.2 Å². The average molecular weight is 314 g/mol. The van der Waals surface area contributed by atoms with Crippen LogP contribution in [0.1, 0.15) is 25.7 Å². The first kappa shape index (κ1) is 15.8. The standard InChI is InChI=1S/C18H26N4O/c1-19-18(21-13-15-7-3-2-4-8-15)22-12-10-16(14-22)23-17-9-5-6-11-20-17/h2-3,5-6,9,11,15-16H,4,7-8,10,12-14H2,1H3,(H,19,21). The lowest BCUT2D eigenvalue weighted by atomic mass is 9.94. The van der Waals surface area contributed by atoms with E-state index in [1.165, 1.54) is 19.3 Å². The first-order chi connectivity index (χ1) is 11.3. The van der Waals surface area contributed by atoms with E-state index in [4.69, 9.17) is 4.74 Å². The minimum atomic E-state index is 0.182. The van der Waals surface area contributed by atoms with Gasteiger partial charge in [0.2, 0.25) is 5.88 Å². The summed E-state index contributed by atoms with van der Waals surface area (Å²) in [6, 6.07) is 5.76. The van der Waals surface area contributed by atoms with Gasteiger partial charge in [0, 0.05) is 38.8 Å². The van der Waals surface area contributed by atoms with Crippen LogP contribution in [-0.2, 0) is 0 Å². The molecule has 0 radical (unpaired) electrons. The van der Waals surface area contributed by atoms with Gasteiger partial charge in [0.15, 0.2) is 5.96 Å². The summed E-state index contributed by atoms with van der Waals surface area (Å²) < 4.78 is 5.95. The Morgan fingerprint density at radius 2 is 2.35 bits per heavy atom. The molecule has 5 heteroatoms. The Morgan fingerprint density at radius 3 is 3.09 bits per heavy atom. The zero-order valence-corrected chi connectivity index (χ0v) is 13.8. The Balaban J connectivity index is 1.47. The van der Waals surface area contributed by atoms with Crippen LogP contribution in [0.15, 0.2) is 41.5 Å². The number of guanidine groups is 1. The Bertz CT molecular complexity index is 543. The molecule has 124 valence electrons. The maximum absolute atomic E-state index is 5.95. The van der Waals surface area contributed by atoms with E-state index in [-0.39, 0.29) is 6.10 Å². The third-order valence-corrected chi connectivity index (χ3v) is 4.51. The van der Waals surface area contributed by atoms with E-state index in [1.54, 1.807) is 6.20 Å². The monoisotopic (exact) mass is 314 g/mol. The molecule has 2 unspecified atom stereocenters. The SMILES string of the molecule is CN=C(NCC1CC=CCC1)N1CCC(Oc2ccccn2)C1. The van der Waals surface area contributed by atoms with E-state index in [1.807, 2.05) is 25.2 Å². The Morgan fingerprint density at radius 1 is 1.39 bits per heavy atom. The molecule has 1 fully saturated rings. The number of ether oxygens (including phenoxy) is 1. The molecule has 0 saturated carbocycles. The van der Waals surface area contributed by atoms with Gasteiger partial charge in [-0.2, -0.15) is 0 Å². The maximum Gasteiger partial charge on any atom is 0.213 e. The third kappa shape index (κ3) is 4.47. The number of nitrogens with zero attached hydrogens (tertiary/aromatic N) is 3. The highest BCUT2D eigenvalue weighted by atomic mass is 16.5. The van der Waals surface area contributed by atoms with Gasteiger partial charge in [-0.05, 0) is 31.2 Å². The lowest BCUT2D eigenvalue weighted by molar-refractivity contribution is 0.205. The molecule has 1 saturated heterocycles. The van der Waals surface area contributed by atoms with Gasteiger partial charge >= 0.3 is 0 Å². The molecule has 5 nitrogen and oxygen atoms in total. The summed E-state index contributed by atoms with van der Waals surface area (Å²) >= 11 is 0. The van der Waals surface area contributed by atoms with Crippen LogP contribution in [-0.4, -0.2) is 48.6 Å². The van der Waals surface area contributed by atoms with Crippen LogP contribution < -0.4 is 10.1 Å². The second-order valence-electron chi connectivity index (χ2n) is 6.22. The number of nitrogens with one attached hydrogen (secondary N) is 1. The number of allylic oxidation sites excluding steroid dienone is 2. The summed E-state index contributed by atoms with van der Waals surface area (Å²) in [7, 11) is 1.86. The van der Waals surface area contributed by atoms with E-state index in [0.29, 0.717) is 5.88 Å². The Hall–Kier alpha value is -2.04. The first-order valence-corrected chi connectivity index (χ1v) is 8.53. The summed E-state index contributed by atoms with van der Waals surface area (Å²) in [4.78, 5) is 11.0. The van der Waals surface area contributed by atoms with Crippen LogP contribution in [0.25, 0.3) is 0 Å². The summed E-state index contributed by atoms with van der Waals surface area (Å²) in [5, 5.41) is 3.54. The molecule has 3 rings (SSSR count). The Kier molecular flexibility index (Phi) is 5.51. The molecular weight excluding hydrogens is 288 g/mol. The lowest BCUT2D eigenvalue weighted by Gasteiger charge is -2.25. The van der Waals surface area contributed by atoms with Crippen molar-refractivity contribution in [3.63, 3.8) is 0 Å². The van der Waals surface area contributed by atoms with Gasteiger partial charge in [0.05, 0.1) is 6.54 Å². The molecule has 1 aliphatic heterocycles. The highest BCUT2D eigenvalue weighted by molar-refractivity contribution is 5.80. The number of pyridine rings is 1. The van der Waals surface area contributed by atoms with E-state index < -0.39 is 0 Å². The second kappa shape index (κ2) is 7.99. The quantitative estimate of drug-likeness (QED) is 0.527. The van der Waals surface area contributed by atoms with Crippen molar-refractivity contribution in [3.05, 3.63) is 36.5 Å². The van der Waals surface area contributed by atoms with E-state index in [2.05, 4.69) is 32.3 Å². The van der Waals surface area contributed by atoms with Crippen molar-refractivity contribution >= 4 is 5.96 Å². The van der Waals surface area contributed by atoms with E-state index in [0.717, 1.165) is 37.9 Å². The van der Waals surface area contributed by atoms with Gasteiger partial charge in [-0.25, -0.2) is 4.98 Å². The molecule has 1 N–H and O–H groups in total. The van der Waals surface area contributed by atoms with Crippen LogP contribution in [0.2, 0.25) is 0 Å². The van der Waals surface area contributed by atoms with Gasteiger partial charge in [-0.15, -0.1) is 0 Å². The van der Waals surface area contributed by atoms with Crippen LogP contribution in [0.5, 0.6) is 5.88 Å². The van der Waals surface area contributed by atoms with Crippen LogP contribution >= 0.6 is 0 Å². The smallest absolute Gasteiger partial charge is 0.213 e. The van der Waals surface area contributed by atoms with Gasteiger partial charge in [0.1, 0.15) is 6.10 Å². The fourth-order valence-corrected chi connectivity index (χ4v) is 3.21. The maximum atomic E-state index is 5.95. The van der Waals surface area contributed by atoms with Gasteiger partial charge in [-0.3, -0.25) is 4.99 Å².